The molecule has 0 aromatic heterocycles. The molecule has 38 heavy (non-hydrogen) atoms. The molecule has 2 amide bonds. The van der Waals surface area contributed by atoms with Crippen LogP contribution in [-0.2, 0) is 26.2 Å². The van der Waals surface area contributed by atoms with Crippen LogP contribution in [0.4, 0.5) is 5.69 Å². The minimum atomic E-state index is -4.07. The van der Waals surface area contributed by atoms with Gasteiger partial charge in [0, 0.05) is 12.1 Å². The minimum absolute atomic E-state index is 0.0866. The average molecular weight is 536 g/mol. The highest BCUT2D eigenvalue weighted by molar-refractivity contribution is 7.92. The van der Waals surface area contributed by atoms with Gasteiger partial charge >= 0.3 is 0 Å². The maximum absolute atomic E-state index is 13.9. The van der Waals surface area contributed by atoms with Gasteiger partial charge in [-0.2, -0.15) is 0 Å². The topological polar surface area (TPSA) is 86.8 Å². The maximum atomic E-state index is 13.9. The van der Waals surface area contributed by atoms with E-state index < -0.39 is 34.1 Å². The number of amides is 2. The molecule has 1 atom stereocenters. The summed E-state index contributed by atoms with van der Waals surface area (Å²) in [6, 6.07) is 21.9. The molecule has 202 valence electrons. The Hall–Kier alpha value is -3.65. The summed E-state index contributed by atoms with van der Waals surface area (Å²) in [6.45, 7) is 10.8. The number of nitrogens with one attached hydrogen (secondary N) is 1. The summed E-state index contributed by atoms with van der Waals surface area (Å²) < 4.78 is 28.7. The molecular formula is C30H37N3O4S. The quantitative estimate of drug-likeness (QED) is 0.425. The Bertz CT molecular complexity index is 1360. The molecule has 0 spiro atoms. The van der Waals surface area contributed by atoms with Crippen molar-refractivity contribution in [2.75, 3.05) is 10.8 Å². The molecule has 0 aliphatic carbocycles. The first kappa shape index (κ1) is 28.9. The lowest BCUT2D eigenvalue weighted by atomic mass is 10.1. The van der Waals surface area contributed by atoms with Gasteiger partial charge in [-0.15, -0.1) is 0 Å². The highest BCUT2D eigenvalue weighted by Crippen LogP contribution is 2.25. The van der Waals surface area contributed by atoms with Gasteiger partial charge < -0.3 is 10.2 Å². The van der Waals surface area contributed by atoms with E-state index in [1.807, 2.05) is 58.9 Å². The number of carbonyl (C=O) groups is 2. The van der Waals surface area contributed by atoms with Crippen molar-refractivity contribution in [2.45, 2.75) is 64.6 Å². The highest BCUT2D eigenvalue weighted by Gasteiger charge is 2.33. The lowest BCUT2D eigenvalue weighted by molar-refractivity contribution is -0.140. The fourth-order valence-corrected chi connectivity index (χ4v) is 5.44. The Morgan fingerprint density at radius 1 is 0.868 bits per heavy atom. The second-order valence-corrected chi connectivity index (χ2v) is 12.4. The molecule has 0 radical (unpaired) electrons. The smallest absolute Gasteiger partial charge is 0.264 e. The number of benzene rings is 3. The first-order chi connectivity index (χ1) is 17.8. The van der Waals surface area contributed by atoms with Gasteiger partial charge in [-0.05, 0) is 71.4 Å². The number of nitrogens with zero attached hydrogens (tertiary/aromatic N) is 2. The van der Waals surface area contributed by atoms with Crippen LogP contribution in [0.3, 0.4) is 0 Å². The molecule has 0 aliphatic rings. The van der Waals surface area contributed by atoms with E-state index in [0.29, 0.717) is 5.69 Å². The summed E-state index contributed by atoms with van der Waals surface area (Å²) in [4.78, 5) is 28.6. The van der Waals surface area contributed by atoms with Gasteiger partial charge in [-0.25, -0.2) is 8.42 Å². The number of aryl methyl sites for hydroxylation is 2. The van der Waals surface area contributed by atoms with Gasteiger partial charge in [0.05, 0.1) is 10.6 Å². The monoisotopic (exact) mass is 535 g/mol. The zero-order valence-corrected chi connectivity index (χ0v) is 23.7. The molecule has 0 unspecified atom stereocenters. The molecule has 8 heteroatoms. The molecule has 3 aromatic rings. The molecular weight excluding hydrogens is 498 g/mol. The third kappa shape index (κ3) is 7.44. The van der Waals surface area contributed by atoms with E-state index in [2.05, 4.69) is 5.32 Å². The van der Waals surface area contributed by atoms with Gasteiger partial charge in [0.1, 0.15) is 12.6 Å². The van der Waals surface area contributed by atoms with Gasteiger partial charge in [0.2, 0.25) is 11.8 Å². The van der Waals surface area contributed by atoms with Gasteiger partial charge in [-0.1, -0.05) is 65.7 Å². The lowest BCUT2D eigenvalue weighted by Crippen LogP contribution is -2.54. The van der Waals surface area contributed by atoms with Crippen LogP contribution in [0.25, 0.3) is 0 Å². The van der Waals surface area contributed by atoms with Crippen LogP contribution in [0.15, 0.2) is 83.8 Å². The van der Waals surface area contributed by atoms with Crippen molar-refractivity contribution < 1.29 is 18.0 Å². The largest absolute Gasteiger partial charge is 0.350 e. The van der Waals surface area contributed by atoms with Crippen molar-refractivity contribution in [1.29, 1.82) is 0 Å². The van der Waals surface area contributed by atoms with Crippen molar-refractivity contribution in [1.82, 2.24) is 10.2 Å². The third-order valence-electron chi connectivity index (χ3n) is 6.03. The molecule has 0 fully saturated rings. The van der Waals surface area contributed by atoms with E-state index in [-0.39, 0.29) is 17.3 Å². The van der Waals surface area contributed by atoms with Crippen LogP contribution < -0.4 is 9.62 Å². The maximum Gasteiger partial charge on any atom is 0.264 e. The van der Waals surface area contributed by atoms with Crippen LogP contribution in [-0.4, -0.2) is 43.3 Å². The summed E-state index contributed by atoms with van der Waals surface area (Å²) in [7, 11) is -4.07. The number of carbonyl (C=O) groups excluding carboxylic acids is 2. The number of anilines is 1. The number of hydrogen-bond acceptors (Lipinski definition) is 4. The van der Waals surface area contributed by atoms with E-state index in [1.165, 1.54) is 17.0 Å². The van der Waals surface area contributed by atoms with Crippen molar-refractivity contribution in [3.63, 3.8) is 0 Å². The first-order valence-corrected chi connectivity index (χ1v) is 14.0. The van der Waals surface area contributed by atoms with Gasteiger partial charge in [0.25, 0.3) is 10.0 Å². The molecule has 0 aliphatic heterocycles. The Labute approximate surface area is 226 Å². The normalized spacial score (nSPS) is 12.5. The standard InChI is InChI=1S/C30H37N3O4S/c1-22-15-17-27(18-16-22)38(36,37)33(26-13-8-7-9-14-26)21-28(34)32(20-25-12-10-11-23(2)19-25)24(3)29(35)31-30(4,5)6/h7-19,24H,20-21H2,1-6H3,(H,31,35)/t24-/m1/s1. The van der Waals surface area contributed by atoms with Crippen LogP contribution in [0, 0.1) is 13.8 Å². The Balaban J connectivity index is 2.01. The molecule has 0 bridgehead atoms. The predicted molar refractivity (Wildman–Crippen MR) is 151 cm³/mol. The van der Waals surface area contributed by atoms with Crippen molar-refractivity contribution in [2.24, 2.45) is 0 Å². The summed E-state index contributed by atoms with van der Waals surface area (Å²) >= 11 is 0. The minimum Gasteiger partial charge on any atom is -0.350 e. The fourth-order valence-electron chi connectivity index (χ4n) is 4.02. The molecule has 1 N–H and O–H groups in total. The van der Waals surface area contributed by atoms with Gasteiger partial charge in [0.15, 0.2) is 0 Å². The second-order valence-electron chi connectivity index (χ2n) is 10.6. The highest BCUT2D eigenvalue weighted by atomic mass is 32.2. The van der Waals surface area contributed by atoms with E-state index in [0.717, 1.165) is 21.0 Å². The SMILES string of the molecule is Cc1ccc(S(=O)(=O)N(CC(=O)N(Cc2cccc(C)c2)[C@H](C)C(=O)NC(C)(C)C)c2ccccc2)cc1. The fraction of sp³-hybridized carbons (Fsp3) is 0.333. The Morgan fingerprint density at radius 3 is 2.08 bits per heavy atom. The number of sulfonamides is 1. The first-order valence-electron chi connectivity index (χ1n) is 12.6. The second kappa shape index (κ2) is 11.8. The summed E-state index contributed by atoms with van der Waals surface area (Å²) in [6.07, 6.45) is 0. The predicted octanol–water partition coefficient (Wildman–Crippen LogP) is 4.83. The van der Waals surface area contributed by atoms with Crippen molar-refractivity contribution in [3.8, 4) is 0 Å². The zero-order valence-electron chi connectivity index (χ0n) is 22.9. The number of hydrogen-bond donors (Lipinski definition) is 1. The molecule has 3 rings (SSSR count). The van der Waals surface area contributed by atoms with Crippen molar-refractivity contribution >= 4 is 27.5 Å². The molecule has 7 nitrogen and oxygen atoms in total. The molecule has 0 saturated heterocycles. The molecule has 0 heterocycles. The lowest BCUT2D eigenvalue weighted by Gasteiger charge is -2.33. The molecule has 0 saturated carbocycles. The zero-order chi connectivity index (χ0) is 28.1. The van der Waals surface area contributed by atoms with Gasteiger partial charge in [-0.3, -0.25) is 13.9 Å². The number of rotatable bonds is 9. The molecule has 3 aromatic carbocycles. The Morgan fingerprint density at radius 2 is 1.50 bits per heavy atom. The Kier molecular flexibility index (Phi) is 8.99. The summed E-state index contributed by atoms with van der Waals surface area (Å²) in [5.74, 6) is -0.797. The number of para-hydroxylation sites is 1. The van der Waals surface area contributed by atoms with E-state index in [1.54, 1.807) is 49.4 Å². The average Bonchev–Trinajstić information content (AvgIpc) is 2.85. The third-order valence-corrected chi connectivity index (χ3v) is 7.82. The van der Waals surface area contributed by atoms with Crippen LogP contribution in [0.1, 0.15) is 44.4 Å². The van der Waals surface area contributed by atoms with Crippen LogP contribution >= 0.6 is 0 Å². The van der Waals surface area contributed by atoms with E-state index in [4.69, 9.17) is 0 Å². The van der Waals surface area contributed by atoms with Crippen LogP contribution in [0.2, 0.25) is 0 Å². The van der Waals surface area contributed by atoms with E-state index in [9.17, 15) is 18.0 Å². The van der Waals surface area contributed by atoms with Crippen LogP contribution in [0.5, 0.6) is 0 Å². The summed E-state index contributed by atoms with van der Waals surface area (Å²) in [5, 5.41) is 2.93. The summed E-state index contributed by atoms with van der Waals surface area (Å²) in [5.41, 5.74) is 2.67. The van der Waals surface area contributed by atoms with E-state index >= 15 is 0 Å². The van der Waals surface area contributed by atoms with Crippen molar-refractivity contribution in [3.05, 3.63) is 95.6 Å².